The standard InChI is InChI=1S/C22H17FN6/c1-14(27-21-20-17(25-13-26-21)9-6-12-24-20)22-28-16-8-3-5-11-19(16)29(22)18-10-4-2-7-15(18)23/h2-14H,1H3,(H,25,26,27)/t14-/m0/s1. The van der Waals surface area contributed by atoms with Crippen LogP contribution in [0.5, 0.6) is 0 Å². The molecule has 2 aromatic carbocycles. The third-order valence-corrected chi connectivity index (χ3v) is 4.81. The molecule has 0 saturated carbocycles. The number of para-hydroxylation sites is 3. The molecule has 5 aromatic rings. The van der Waals surface area contributed by atoms with Crippen LogP contribution in [0.1, 0.15) is 18.8 Å². The number of hydrogen-bond acceptors (Lipinski definition) is 5. The second-order valence-corrected chi connectivity index (χ2v) is 6.70. The molecule has 0 aliphatic carbocycles. The lowest BCUT2D eigenvalue weighted by atomic mass is 10.2. The van der Waals surface area contributed by atoms with E-state index in [1.165, 1.54) is 12.4 Å². The van der Waals surface area contributed by atoms with Crippen molar-refractivity contribution in [3.8, 4) is 5.69 Å². The molecular formula is C22H17FN6. The minimum Gasteiger partial charge on any atom is -0.358 e. The molecule has 5 rings (SSSR count). The van der Waals surface area contributed by atoms with Gasteiger partial charge in [-0.15, -0.1) is 0 Å². The van der Waals surface area contributed by atoms with Gasteiger partial charge in [0.15, 0.2) is 5.82 Å². The van der Waals surface area contributed by atoms with Crippen LogP contribution in [0.2, 0.25) is 0 Å². The molecule has 0 fully saturated rings. The minimum absolute atomic E-state index is 0.262. The van der Waals surface area contributed by atoms with Crippen molar-refractivity contribution in [2.75, 3.05) is 5.32 Å². The summed E-state index contributed by atoms with van der Waals surface area (Å²) in [6, 6.07) is 17.9. The summed E-state index contributed by atoms with van der Waals surface area (Å²) >= 11 is 0. The molecule has 0 amide bonds. The molecule has 0 radical (unpaired) electrons. The molecule has 3 heterocycles. The largest absolute Gasteiger partial charge is 0.358 e. The Balaban J connectivity index is 1.65. The first-order valence-corrected chi connectivity index (χ1v) is 9.27. The average molecular weight is 384 g/mol. The van der Waals surface area contributed by atoms with Crippen molar-refractivity contribution in [1.29, 1.82) is 0 Å². The van der Waals surface area contributed by atoms with Gasteiger partial charge in [-0.2, -0.15) is 0 Å². The number of rotatable bonds is 4. The smallest absolute Gasteiger partial charge is 0.156 e. The maximum Gasteiger partial charge on any atom is 0.156 e. The van der Waals surface area contributed by atoms with E-state index >= 15 is 0 Å². The zero-order valence-corrected chi connectivity index (χ0v) is 15.6. The highest BCUT2D eigenvalue weighted by molar-refractivity contribution is 5.84. The van der Waals surface area contributed by atoms with Crippen LogP contribution in [0, 0.1) is 5.82 Å². The van der Waals surface area contributed by atoms with Crippen LogP contribution in [-0.4, -0.2) is 24.5 Å². The predicted octanol–water partition coefficient (Wildman–Crippen LogP) is 4.68. The molecular weight excluding hydrogens is 367 g/mol. The molecule has 142 valence electrons. The quantitative estimate of drug-likeness (QED) is 0.487. The Morgan fingerprint density at radius 3 is 2.59 bits per heavy atom. The van der Waals surface area contributed by atoms with Gasteiger partial charge in [0.1, 0.15) is 23.5 Å². The summed E-state index contributed by atoms with van der Waals surface area (Å²) in [7, 11) is 0. The van der Waals surface area contributed by atoms with Gasteiger partial charge < -0.3 is 5.32 Å². The van der Waals surface area contributed by atoms with Crippen molar-refractivity contribution in [3.05, 3.63) is 84.8 Å². The highest BCUT2D eigenvalue weighted by atomic mass is 19.1. The Labute approximate surface area is 166 Å². The third-order valence-electron chi connectivity index (χ3n) is 4.81. The van der Waals surface area contributed by atoms with Gasteiger partial charge in [-0.25, -0.2) is 19.3 Å². The summed E-state index contributed by atoms with van der Waals surface area (Å²) in [5.41, 5.74) is 3.52. The van der Waals surface area contributed by atoms with Crippen molar-refractivity contribution in [2.24, 2.45) is 0 Å². The molecule has 0 saturated heterocycles. The Kier molecular flexibility index (Phi) is 4.13. The third kappa shape index (κ3) is 2.97. The molecule has 3 aromatic heterocycles. The normalized spacial score (nSPS) is 12.3. The van der Waals surface area contributed by atoms with Crippen LogP contribution < -0.4 is 5.32 Å². The fourth-order valence-electron chi connectivity index (χ4n) is 3.49. The van der Waals surface area contributed by atoms with Crippen LogP contribution >= 0.6 is 0 Å². The summed E-state index contributed by atoms with van der Waals surface area (Å²) in [6.45, 7) is 1.97. The number of hydrogen-bond donors (Lipinski definition) is 1. The number of pyridine rings is 1. The second kappa shape index (κ2) is 6.94. The lowest BCUT2D eigenvalue weighted by molar-refractivity contribution is 0.614. The number of benzene rings is 2. The van der Waals surface area contributed by atoms with Gasteiger partial charge in [0.25, 0.3) is 0 Å². The Morgan fingerprint density at radius 2 is 1.69 bits per heavy atom. The number of nitrogens with zero attached hydrogens (tertiary/aromatic N) is 5. The van der Waals surface area contributed by atoms with Gasteiger partial charge in [-0.05, 0) is 43.3 Å². The van der Waals surface area contributed by atoms with E-state index in [4.69, 9.17) is 4.98 Å². The first-order valence-electron chi connectivity index (χ1n) is 9.27. The van der Waals surface area contributed by atoms with E-state index in [-0.39, 0.29) is 11.9 Å². The first kappa shape index (κ1) is 17.2. The average Bonchev–Trinajstić information content (AvgIpc) is 3.14. The highest BCUT2D eigenvalue weighted by Gasteiger charge is 2.20. The highest BCUT2D eigenvalue weighted by Crippen LogP contribution is 2.29. The van der Waals surface area contributed by atoms with Crippen molar-refractivity contribution >= 4 is 27.9 Å². The van der Waals surface area contributed by atoms with Gasteiger partial charge >= 0.3 is 0 Å². The summed E-state index contributed by atoms with van der Waals surface area (Å²) in [5.74, 6) is 0.979. The van der Waals surface area contributed by atoms with E-state index in [9.17, 15) is 4.39 Å². The summed E-state index contributed by atoms with van der Waals surface area (Å²) in [4.78, 5) is 17.8. The molecule has 6 nitrogen and oxygen atoms in total. The number of nitrogens with one attached hydrogen (secondary N) is 1. The Hall–Kier alpha value is -3.87. The minimum atomic E-state index is -0.307. The number of halogens is 1. The van der Waals surface area contributed by atoms with E-state index in [0.29, 0.717) is 22.8 Å². The van der Waals surface area contributed by atoms with Gasteiger partial charge in [-0.1, -0.05) is 24.3 Å². The van der Waals surface area contributed by atoms with Crippen molar-refractivity contribution in [2.45, 2.75) is 13.0 Å². The first-order chi connectivity index (χ1) is 14.2. The van der Waals surface area contributed by atoms with Crippen LogP contribution in [0.25, 0.3) is 27.8 Å². The van der Waals surface area contributed by atoms with E-state index in [1.54, 1.807) is 18.3 Å². The zero-order chi connectivity index (χ0) is 19.8. The molecule has 0 spiro atoms. The molecule has 0 aliphatic rings. The predicted molar refractivity (Wildman–Crippen MR) is 110 cm³/mol. The Bertz CT molecular complexity index is 1320. The monoisotopic (exact) mass is 384 g/mol. The topological polar surface area (TPSA) is 68.5 Å². The van der Waals surface area contributed by atoms with Crippen molar-refractivity contribution in [3.63, 3.8) is 0 Å². The van der Waals surface area contributed by atoms with Gasteiger partial charge in [0.05, 0.1) is 28.3 Å². The molecule has 0 bridgehead atoms. The van der Waals surface area contributed by atoms with Gasteiger partial charge in [0, 0.05) is 6.20 Å². The lowest BCUT2D eigenvalue weighted by Gasteiger charge is -2.17. The van der Waals surface area contributed by atoms with E-state index in [1.807, 2.05) is 54.0 Å². The van der Waals surface area contributed by atoms with Crippen LogP contribution in [0.15, 0.2) is 73.2 Å². The summed E-state index contributed by atoms with van der Waals surface area (Å²) < 4.78 is 16.5. The molecule has 29 heavy (non-hydrogen) atoms. The van der Waals surface area contributed by atoms with E-state index < -0.39 is 0 Å². The molecule has 1 N–H and O–H groups in total. The Morgan fingerprint density at radius 1 is 0.897 bits per heavy atom. The molecule has 0 aliphatic heterocycles. The fourth-order valence-corrected chi connectivity index (χ4v) is 3.49. The van der Waals surface area contributed by atoms with Crippen molar-refractivity contribution < 1.29 is 4.39 Å². The SMILES string of the molecule is C[C@H](Nc1ncnc2cccnc12)c1nc2ccccc2n1-c1ccccc1F. The van der Waals surface area contributed by atoms with Gasteiger partial charge in [0.2, 0.25) is 0 Å². The van der Waals surface area contributed by atoms with E-state index in [2.05, 4.69) is 20.3 Å². The summed E-state index contributed by atoms with van der Waals surface area (Å²) in [5, 5.41) is 3.37. The molecule has 7 heteroatoms. The summed E-state index contributed by atoms with van der Waals surface area (Å²) in [6.07, 6.45) is 3.20. The zero-order valence-electron chi connectivity index (χ0n) is 15.6. The van der Waals surface area contributed by atoms with Crippen LogP contribution in [0.3, 0.4) is 0 Å². The van der Waals surface area contributed by atoms with Crippen molar-refractivity contribution in [1.82, 2.24) is 24.5 Å². The number of imidazole rings is 1. The maximum atomic E-state index is 14.7. The number of fused-ring (bicyclic) bond motifs is 2. The van der Waals surface area contributed by atoms with E-state index in [0.717, 1.165) is 16.6 Å². The molecule has 1 atom stereocenters. The number of aromatic nitrogens is 5. The fraction of sp³-hybridized carbons (Fsp3) is 0.0909. The second-order valence-electron chi connectivity index (χ2n) is 6.70. The maximum absolute atomic E-state index is 14.7. The van der Waals surface area contributed by atoms with Crippen LogP contribution in [0.4, 0.5) is 10.2 Å². The lowest BCUT2D eigenvalue weighted by Crippen LogP contribution is -2.15. The van der Waals surface area contributed by atoms with Crippen LogP contribution in [-0.2, 0) is 0 Å². The van der Waals surface area contributed by atoms with Gasteiger partial charge in [-0.3, -0.25) is 9.55 Å². The molecule has 0 unspecified atom stereocenters. The number of anilines is 1.